The van der Waals surface area contributed by atoms with E-state index in [0.29, 0.717) is 35.9 Å². The maximum atomic E-state index is 9.42. The van der Waals surface area contributed by atoms with Crippen LogP contribution in [0.15, 0.2) is 18.2 Å². The highest BCUT2D eigenvalue weighted by atomic mass is 16.5. The number of hydrogen-bond donors (Lipinski definition) is 2. The highest BCUT2D eigenvalue weighted by Crippen LogP contribution is 2.33. The molecule has 7 heteroatoms. The van der Waals surface area contributed by atoms with Crippen LogP contribution in [0.5, 0.6) is 11.5 Å². The van der Waals surface area contributed by atoms with Gasteiger partial charge >= 0.3 is 0 Å². The highest BCUT2D eigenvalue weighted by molar-refractivity contribution is 5.66. The molecule has 0 fully saturated rings. The van der Waals surface area contributed by atoms with Crippen LogP contribution in [0.1, 0.15) is 12.1 Å². The number of nitrogens with zero attached hydrogens (tertiary/aromatic N) is 3. The largest absolute Gasteiger partial charge is 0.493 e. The smallest absolute Gasteiger partial charge is 0.161 e. The van der Waals surface area contributed by atoms with Crippen molar-refractivity contribution in [2.24, 2.45) is 0 Å². The predicted octanol–water partition coefficient (Wildman–Crippen LogP) is 0.837. The Morgan fingerprint density at radius 1 is 1.14 bits per heavy atom. The Labute approximate surface area is 122 Å². The Morgan fingerprint density at radius 3 is 2.52 bits per heavy atom. The van der Waals surface area contributed by atoms with E-state index in [-0.39, 0.29) is 13.2 Å². The zero-order chi connectivity index (χ0) is 15.2. The van der Waals surface area contributed by atoms with E-state index in [2.05, 4.69) is 10.3 Å². The summed E-state index contributed by atoms with van der Waals surface area (Å²) in [7, 11) is 3.14. The summed E-state index contributed by atoms with van der Waals surface area (Å²) in [5, 5.41) is 26.4. The second kappa shape index (κ2) is 7.05. The lowest BCUT2D eigenvalue weighted by atomic mass is 10.1. The Kier molecular flexibility index (Phi) is 5.13. The lowest BCUT2D eigenvalue weighted by Crippen LogP contribution is -2.05. The Bertz CT molecular complexity index is 598. The van der Waals surface area contributed by atoms with Crippen molar-refractivity contribution in [3.8, 4) is 22.8 Å². The fourth-order valence-corrected chi connectivity index (χ4v) is 2.13. The Hall–Kier alpha value is -2.12. The molecule has 7 nitrogen and oxygen atoms in total. The van der Waals surface area contributed by atoms with Crippen LogP contribution in [-0.2, 0) is 13.2 Å². The Balaban J connectivity index is 2.46. The first-order chi connectivity index (χ1) is 10.2. The van der Waals surface area contributed by atoms with E-state index in [0.717, 1.165) is 5.56 Å². The van der Waals surface area contributed by atoms with Gasteiger partial charge in [0, 0.05) is 18.7 Å². The first-order valence-corrected chi connectivity index (χ1v) is 6.61. The van der Waals surface area contributed by atoms with Crippen LogP contribution in [0.4, 0.5) is 0 Å². The van der Waals surface area contributed by atoms with Crippen LogP contribution in [0.25, 0.3) is 11.3 Å². The van der Waals surface area contributed by atoms with Crippen LogP contribution in [0.2, 0.25) is 0 Å². The van der Waals surface area contributed by atoms with Gasteiger partial charge in [-0.05, 0) is 24.6 Å². The van der Waals surface area contributed by atoms with Gasteiger partial charge in [0.1, 0.15) is 5.69 Å². The van der Waals surface area contributed by atoms with Gasteiger partial charge in [-0.1, -0.05) is 5.21 Å². The van der Waals surface area contributed by atoms with E-state index >= 15 is 0 Å². The normalized spacial score (nSPS) is 10.7. The Morgan fingerprint density at radius 2 is 1.90 bits per heavy atom. The zero-order valence-corrected chi connectivity index (χ0v) is 12.1. The molecular formula is C14H19N3O4. The van der Waals surface area contributed by atoms with Crippen molar-refractivity contribution in [2.75, 3.05) is 20.8 Å². The lowest BCUT2D eigenvalue weighted by Gasteiger charge is -2.11. The number of aliphatic hydroxyl groups excluding tert-OH is 2. The summed E-state index contributed by atoms with van der Waals surface area (Å²) < 4.78 is 12.2. The minimum absolute atomic E-state index is 0.0691. The molecule has 0 spiro atoms. The molecule has 2 aromatic rings. The zero-order valence-electron chi connectivity index (χ0n) is 12.1. The first-order valence-electron chi connectivity index (χ1n) is 6.61. The molecule has 0 aliphatic heterocycles. The van der Waals surface area contributed by atoms with Crippen molar-refractivity contribution in [3.05, 3.63) is 23.9 Å². The number of aryl methyl sites for hydroxylation is 1. The van der Waals surface area contributed by atoms with Gasteiger partial charge in [-0.25, -0.2) is 4.68 Å². The van der Waals surface area contributed by atoms with Crippen LogP contribution in [0, 0.1) is 0 Å². The second-order valence-corrected chi connectivity index (χ2v) is 4.41. The fourth-order valence-electron chi connectivity index (χ4n) is 2.13. The molecule has 0 saturated heterocycles. The van der Waals surface area contributed by atoms with E-state index in [1.807, 2.05) is 12.1 Å². The van der Waals surface area contributed by atoms with Crippen molar-refractivity contribution in [3.63, 3.8) is 0 Å². The summed E-state index contributed by atoms with van der Waals surface area (Å²) in [4.78, 5) is 0. The number of aliphatic hydroxyl groups is 2. The number of hydrogen-bond acceptors (Lipinski definition) is 6. The fraction of sp³-hybridized carbons (Fsp3) is 0.429. The molecule has 0 unspecified atom stereocenters. The summed E-state index contributed by atoms with van der Waals surface area (Å²) in [6.07, 6.45) is 0.564. The molecule has 0 aliphatic carbocycles. The molecule has 0 radical (unpaired) electrons. The van der Waals surface area contributed by atoms with Gasteiger partial charge in [-0.2, -0.15) is 0 Å². The quantitative estimate of drug-likeness (QED) is 0.786. The predicted molar refractivity (Wildman–Crippen MR) is 76.2 cm³/mol. The van der Waals surface area contributed by atoms with E-state index in [4.69, 9.17) is 14.6 Å². The molecule has 0 bridgehead atoms. The third-order valence-electron chi connectivity index (χ3n) is 3.14. The summed E-state index contributed by atoms with van der Waals surface area (Å²) in [6.45, 7) is 0.385. The number of ether oxygens (including phenoxy) is 2. The molecule has 2 rings (SSSR count). The number of methoxy groups -OCH3 is 2. The number of aromatic nitrogens is 3. The van der Waals surface area contributed by atoms with Crippen LogP contribution >= 0.6 is 0 Å². The standard InChI is InChI=1S/C14H19N3O4/c1-20-12-5-4-10(8-13(12)21-2)14-11(9-19)15-16-17(14)6-3-7-18/h4-5,8,18-19H,3,6-7,9H2,1-2H3. The van der Waals surface area contributed by atoms with Crippen molar-refractivity contribution >= 4 is 0 Å². The van der Waals surface area contributed by atoms with Gasteiger partial charge in [0.15, 0.2) is 11.5 Å². The monoisotopic (exact) mass is 293 g/mol. The topological polar surface area (TPSA) is 89.6 Å². The van der Waals surface area contributed by atoms with Gasteiger partial charge in [-0.3, -0.25) is 0 Å². The molecule has 1 aromatic heterocycles. The molecule has 0 aliphatic rings. The van der Waals surface area contributed by atoms with Crippen LogP contribution < -0.4 is 9.47 Å². The summed E-state index contributed by atoms with van der Waals surface area (Å²) in [5.41, 5.74) is 2.02. The second-order valence-electron chi connectivity index (χ2n) is 4.41. The molecule has 1 heterocycles. The van der Waals surface area contributed by atoms with Crippen molar-refractivity contribution in [2.45, 2.75) is 19.6 Å². The van der Waals surface area contributed by atoms with Gasteiger partial charge < -0.3 is 19.7 Å². The van der Waals surface area contributed by atoms with Gasteiger partial charge in [0.2, 0.25) is 0 Å². The van der Waals surface area contributed by atoms with Gasteiger partial charge in [-0.15, -0.1) is 5.10 Å². The van der Waals surface area contributed by atoms with E-state index < -0.39 is 0 Å². The van der Waals surface area contributed by atoms with Crippen LogP contribution in [0.3, 0.4) is 0 Å². The molecule has 21 heavy (non-hydrogen) atoms. The molecule has 0 atom stereocenters. The first kappa shape index (κ1) is 15.3. The highest BCUT2D eigenvalue weighted by Gasteiger charge is 2.16. The summed E-state index contributed by atoms with van der Waals surface area (Å²) >= 11 is 0. The molecule has 0 amide bonds. The van der Waals surface area contributed by atoms with E-state index in [1.165, 1.54) is 0 Å². The molecular weight excluding hydrogens is 274 g/mol. The number of benzene rings is 1. The molecule has 2 N–H and O–H groups in total. The van der Waals surface area contributed by atoms with Crippen molar-refractivity contribution in [1.82, 2.24) is 15.0 Å². The SMILES string of the molecule is COc1ccc(-c2c(CO)nnn2CCCO)cc1OC. The van der Waals surface area contributed by atoms with E-state index in [9.17, 15) is 5.11 Å². The maximum absolute atomic E-state index is 9.42. The third kappa shape index (κ3) is 3.14. The van der Waals surface area contributed by atoms with Crippen molar-refractivity contribution < 1.29 is 19.7 Å². The average Bonchev–Trinajstić information content (AvgIpc) is 2.95. The average molecular weight is 293 g/mol. The molecule has 114 valence electrons. The maximum Gasteiger partial charge on any atom is 0.161 e. The lowest BCUT2D eigenvalue weighted by molar-refractivity contribution is 0.276. The molecule has 1 aromatic carbocycles. The summed E-state index contributed by atoms with van der Waals surface area (Å²) in [5.74, 6) is 1.22. The number of rotatable bonds is 7. The van der Waals surface area contributed by atoms with Crippen molar-refractivity contribution in [1.29, 1.82) is 0 Å². The third-order valence-corrected chi connectivity index (χ3v) is 3.14. The van der Waals surface area contributed by atoms with Gasteiger partial charge in [0.25, 0.3) is 0 Å². The molecule has 0 saturated carbocycles. The van der Waals surface area contributed by atoms with Gasteiger partial charge in [0.05, 0.1) is 26.5 Å². The summed E-state index contributed by atoms with van der Waals surface area (Å²) in [6, 6.07) is 5.46. The minimum Gasteiger partial charge on any atom is -0.493 e. The van der Waals surface area contributed by atoms with E-state index in [1.54, 1.807) is 25.0 Å². The minimum atomic E-state index is -0.206. The van der Waals surface area contributed by atoms with Crippen LogP contribution in [-0.4, -0.2) is 46.0 Å².